The molecule has 2 aromatic rings. The monoisotopic (exact) mass is 377 g/mol. The molecule has 2 amide bonds. The Morgan fingerprint density at radius 2 is 2.21 bits per heavy atom. The van der Waals surface area contributed by atoms with Crippen LogP contribution in [0.15, 0.2) is 30.3 Å². The van der Waals surface area contributed by atoms with E-state index >= 15 is 0 Å². The number of aryl methyl sites for hydroxylation is 1. The van der Waals surface area contributed by atoms with E-state index < -0.39 is 12.0 Å². The molecular weight excluding hydrogens is 354 g/mol. The molecule has 0 saturated carbocycles. The van der Waals surface area contributed by atoms with Crippen molar-refractivity contribution in [2.45, 2.75) is 31.8 Å². The third-order valence-electron chi connectivity index (χ3n) is 4.80. The third kappa shape index (κ3) is 4.56. The molecule has 1 atom stereocenters. The van der Waals surface area contributed by atoms with Crippen LogP contribution in [0.3, 0.4) is 0 Å². The van der Waals surface area contributed by atoms with E-state index in [1.807, 2.05) is 24.3 Å². The Balaban J connectivity index is 1.86. The van der Waals surface area contributed by atoms with Crippen LogP contribution in [-0.4, -0.2) is 47.0 Å². The fourth-order valence-electron chi connectivity index (χ4n) is 3.31. The summed E-state index contributed by atoms with van der Waals surface area (Å²) in [5.41, 5.74) is 10.4. The van der Waals surface area contributed by atoms with Crippen molar-refractivity contribution in [1.82, 2.24) is 9.88 Å². The van der Waals surface area contributed by atoms with Crippen LogP contribution in [0.2, 0.25) is 0 Å². The standard InChI is InChI=1S/C22H23N3O3/c1-25(14-26)11-10-18(27)9-8-15-4-2-6-17(12-15)21-19-7-3-5-16(19)13-20(24-21)22(23)28/h2,4,6,12-14,18,27H,3,5,7,10-11H2,1H3,(H2,23,28). The maximum atomic E-state index is 11.6. The van der Waals surface area contributed by atoms with Gasteiger partial charge in [-0.2, -0.15) is 0 Å². The van der Waals surface area contributed by atoms with Gasteiger partial charge in [-0.1, -0.05) is 24.0 Å². The molecule has 0 spiro atoms. The van der Waals surface area contributed by atoms with Gasteiger partial charge in [-0.3, -0.25) is 9.59 Å². The predicted molar refractivity (Wildman–Crippen MR) is 106 cm³/mol. The average molecular weight is 377 g/mol. The molecule has 0 fully saturated rings. The summed E-state index contributed by atoms with van der Waals surface area (Å²) in [5.74, 6) is 5.25. The van der Waals surface area contributed by atoms with Crippen molar-refractivity contribution in [3.8, 4) is 23.1 Å². The summed E-state index contributed by atoms with van der Waals surface area (Å²) in [6, 6.07) is 9.38. The summed E-state index contributed by atoms with van der Waals surface area (Å²) >= 11 is 0. The van der Waals surface area contributed by atoms with Gasteiger partial charge in [0.2, 0.25) is 6.41 Å². The van der Waals surface area contributed by atoms with Gasteiger partial charge in [0.25, 0.3) is 5.91 Å². The number of nitrogens with zero attached hydrogens (tertiary/aromatic N) is 2. The number of aromatic nitrogens is 1. The zero-order chi connectivity index (χ0) is 20.1. The number of carbonyl (C=O) groups is 2. The lowest BCUT2D eigenvalue weighted by atomic mass is 10.00. The molecule has 0 radical (unpaired) electrons. The molecule has 1 aliphatic rings. The summed E-state index contributed by atoms with van der Waals surface area (Å²) in [6.45, 7) is 0.440. The molecule has 0 aliphatic heterocycles. The van der Waals surface area contributed by atoms with Crippen LogP contribution in [0.25, 0.3) is 11.3 Å². The lowest BCUT2D eigenvalue weighted by Crippen LogP contribution is -2.21. The highest BCUT2D eigenvalue weighted by Gasteiger charge is 2.20. The molecule has 1 aromatic heterocycles. The first-order valence-corrected chi connectivity index (χ1v) is 9.26. The lowest BCUT2D eigenvalue weighted by molar-refractivity contribution is -0.117. The predicted octanol–water partition coefficient (Wildman–Crippen LogP) is 1.53. The molecule has 1 aromatic carbocycles. The number of benzene rings is 1. The summed E-state index contributed by atoms with van der Waals surface area (Å²) in [4.78, 5) is 28.2. The Hall–Kier alpha value is -3.17. The number of primary amides is 1. The first kappa shape index (κ1) is 19.6. The van der Waals surface area contributed by atoms with Crippen molar-refractivity contribution in [3.63, 3.8) is 0 Å². The number of aliphatic hydroxyl groups is 1. The fourth-order valence-corrected chi connectivity index (χ4v) is 3.31. The molecular formula is C22H23N3O3. The molecule has 1 aliphatic carbocycles. The summed E-state index contributed by atoms with van der Waals surface area (Å²) < 4.78 is 0. The Bertz CT molecular complexity index is 959. The Morgan fingerprint density at radius 1 is 1.39 bits per heavy atom. The molecule has 3 rings (SSSR count). The minimum absolute atomic E-state index is 0.279. The van der Waals surface area contributed by atoms with Crippen molar-refractivity contribution in [3.05, 3.63) is 52.7 Å². The highest BCUT2D eigenvalue weighted by Crippen LogP contribution is 2.32. The van der Waals surface area contributed by atoms with E-state index in [2.05, 4.69) is 16.8 Å². The molecule has 144 valence electrons. The maximum absolute atomic E-state index is 11.6. The molecule has 1 heterocycles. The second-order valence-electron chi connectivity index (χ2n) is 6.95. The van der Waals surface area contributed by atoms with E-state index in [9.17, 15) is 14.7 Å². The Kier molecular flexibility index (Phi) is 6.07. The van der Waals surface area contributed by atoms with Gasteiger partial charge >= 0.3 is 0 Å². The van der Waals surface area contributed by atoms with Gasteiger partial charge in [0.1, 0.15) is 11.8 Å². The number of carbonyl (C=O) groups excluding carboxylic acids is 2. The maximum Gasteiger partial charge on any atom is 0.267 e. The topological polar surface area (TPSA) is 96.5 Å². The van der Waals surface area contributed by atoms with E-state index in [0.717, 1.165) is 53.6 Å². The number of hydrogen-bond donors (Lipinski definition) is 2. The first-order chi connectivity index (χ1) is 13.5. The van der Waals surface area contributed by atoms with Crippen LogP contribution in [0, 0.1) is 11.8 Å². The van der Waals surface area contributed by atoms with Gasteiger partial charge in [-0.05, 0) is 48.6 Å². The number of nitrogens with two attached hydrogens (primary N) is 1. The van der Waals surface area contributed by atoms with E-state index in [1.54, 1.807) is 13.1 Å². The number of hydrogen-bond acceptors (Lipinski definition) is 4. The number of amides is 2. The van der Waals surface area contributed by atoms with Crippen molar-refractivity contribution in [1.29, 1.82) is 0 Å². The zero-order valence-electron chi connectivity index (χ0n) is 15.8. The molecule has 28 heavy (non-hydrogen) atoms. The van der Waals surface area contributed by atoms with Gasteiger partial charge in [0, 0.05) is 31.1 Å². The highest BCUT2D eigenvalue weighted by atomic mass is 16.3. The van der Waals surface area contributed by atoms with Crippen LogP contribution in [-0.2, 0) is 17.6 Å². The average Bonchev–Trinajstić information content (AvgIpc) is 3.18. The molecule has 6 heteroatoms. The number of aliphatic hydroxyl groups excluding tert-OH is 1. The summed E-state index contributed by atoms with van der Waals surface area (Å²) in [6.07, 6.45) is 3.17. The summed E-state index contributed by atoms with van der Waals surface area (Å²) in [7, 11) is 1.66. The fraction of sp³-hybridized carbons (Fsp3) is 0.318. The van der Waals surface area contributed by atoms with Crippen molar-refractivity contribution >= 4 is 12.3 Å². The van der Waals surface area contributed by atoms with E-state index in [0.29, 0.717) is 13.0 Å². The van der Waals surface area contributed by atoms with E-state index in [-0.39, 0.29) is 5.69 Å². The molecule has 1 unspecified atom stereocenters. The molecule has 6 nitrogen and oxygen atoms in total. The van der Waals surface area contributed by atoms with Crippen LogP contribution in [0.5, 0.6) is 0 Å². The molecule has 0 bridgehead atoms. The minimum Gasteiger partial charge on any atom is -0.380 e. The molecule has 3 N–H and O–H groups in total. The minimum atomic E-state index is -0.813. The highest BCUT2D eigenvalue weighted by molar-refractivity contribution is 5.92. The van der Waals surface area contributed by atoms with Crippen LogP contribution in [0.1, 0.15) is 40.0 Å². The van der Waals surface area contributed by atoms with E-state index in [1.165, 1.54) is 4.90 Å². The molecule has 0 saturated heterocycles. The van der Waals surface area contributed by atoms with Crippen molar-refractivity contribution in [2.24, 2.45) is 5.73 Å². The second-order valence-corrected chi connectivity index (χ2v) is 6.95. The Morgan fingerprint density at radius 3 is 2.96 bits per heavy atom. The zero-order valence-corrected chi connectivity index (χ0v) is 15.8. The number of rotatable bonds is 6. The largest absolute Gasteiger partial charge is 0.380 e. The van der Waals surface area contributed by atoms with Crippen LogP contribution in [0.4, 0.5) is 0 Å². The van der Waals surface area contributed by atoms with Crippen molar-refractivity contribution < 1.29 is 14.7 Å². The SMILES string of the molecule is CN(C=O)CCC(O)C#Cc1cccc(-c2nc(C(N)=O)cc3c2CCC3)c1. The normalized spacial score (nSPS) is 13.2. The van der Waals surface area contributed by atoms with E-state index in [4.69, 9.17) is 5.73 Å². The summed E-state index contributed by atoms with van der Waals surface area (Å²) in [5, 5.41) is 9.99. The number of pyridine rings is 1. The van der Waals surface area contributed by atoms with Gasteiger partial charge < -0.3 is 15.7 Å². The van der Waals surface area contributed by atoms with Gasteiger partial charge in [0.15, 0.2) is 0 Å². The van der Waals surface area contributed by atoms with Gasteiger partial charge in [0.05, 0.1) is 5.69 Å². The van der Waals surface area contributed by atoms with Gasteiger partial charge in [-0.25, -0.2) is 4.98 Å². The van der Waals surface area contributed by atoms with Crippen LogP contribution >= 0.6 is 0 Å². The second kappa shape index (κ2) is 8.68. The Labute approximate surface area is 164 Å². The van der Waals surface area contributed by atoms with Crippen molar-refractivity contribution in [2.75, 3.05) is 13.6 Å². The smallest absolute Gasteiger partial charge is 0.267 e. The first-order valence-electron chi connectivity index (χ1n) is 9.26. The number of fused-ring (bicyclic) bond motifs is 1. The third-order valence-corrected chi connectivity index (χ3v) is 4.80. The van der Waals surface area contributed by atoms with Crippen LogP contribution < -0.4 is 5.73 Å². The lowest BCUT2D eigenvalue weighted by Gasteiger charge is -2.11. The van der Waals surface area contributed by atoms with Gasteiger partial charge in [-0.15, -0.1) is 0 Å². The quantitative estimate of drug-likeness (QED) is 0.589.